The van der Waals surface area contributed by atoms with Crippen molar-refractivity contribution >= 4 is 29.1 Å². The second kappa shape index (κ2) is 9.00. The van der Waals surface area contributed by atoms with E-state index < -0.39 is 52.0 Å². The van der Waals surface area contributed by atoms with Crippen LogP contribution in [0.4, 0.5) is 0 Å². The summed E-state index contributed by atoms with van der Waals surface area (Å²) < 4.78 is 5.28. The molecule has 0 spiro atoms. The van der Waals surface area contributed by atoms with E-state index in [1.54, 1.807) is 11.0 Å². The number of amides is 2. The van der Waals surface area contributed by atoms with Crippen LogP contribution in [0.25, 0.3) is 5.76 Å². The van der Waals surface area contributed by atoms with Crippen molar-refractivity contribution in [3.63, 3.8) is 0 Å². The van der Waals surface area contributed by atoms with Gasteiger partial charge in [-0.15, -0.1) is 0 Å². The molecule has 37 heavy (non-hydrogen) atoms. The SMILES string of the molecule is NC(=O)C1=C(O)C2(O)C(=O)C3=C(O)c4c(O)ccc(CCC(=O)N5CCOCC5)c4CC3CC2CC1=O. The van der Waals surface area contributed by atoms with Gasteiger partial charge in [0.15, 0.2) is 11.4 Å². The van der Waals surface area contributed by atoms with E-state index in [1.807, 2.05) is 0 Å². The Balaban J connectivity index is 1.51. The minimum absolute atomic E-state index is 0.0310. The van der Waals surface area contributed by atoms with Gasteiger partial charge in [-0.2, -0.15) is 0 Å². The van der Waals surface area contributed by atoms with Crippen LogP contribution < -0.4 is 5.73 Å². The van der Waals surface area contributed by atoms with Crippen LogP contribution in [0, 0.1) is 11.8 Å². The lowest BCUT2D eigenvalue weighted by molar-refractivity contribution is -0.147. The smallest absolute Gasteiger partial charge is 0.255 e. The molecule has 0 aromatic heterocycles. The number of hydrogen-bond donors (Lipinski definition) is 5. The van der Waals surface area contributed by atoms with E-state index in [1.165, 1.54) is 6.07 Å². The van der Waals surface area contributed by atoms with Crippen LogP contribution >= 0.6 is 0 Å². The number of hydrogen-bond acceptors (Lipinski definition) is 9. The lowest BCUT2D eigenvalue weighted by atomic mass is 9.59. The number of aromatic hydroxyl groups is 1. The lowest BCUT2D eigenvalue weighted by Gasteiger charge is -2.46. The highest BCUT2D eigenvalue weighted by Crippen LogP contribution is 2.52. The molecule has 1 aliphatic heterocycles. The van der Waals surface area contributed by atoms with Crippen molar-refractivity contribution < 1.29 is 44.3 Å². The fourth-order valence-electron chi connectivity index (χ4n) is 6.13. The molecular weight excluding hydrogens is 484 g/mol. The number of ether oxygens (including phenoxy) is 1. The fraction of sp³-hybridized carbons (Fsp3) is 0.462. The van der Waals surface area contributed by atoms with Gasteiger partial charge < -0.3 is 35.8 Å². The Kier molecular flexibility index (Phi) is 6.07. The van der Waals surface area contributed by atoms with Crippen molar-refractivity contribution in [1.82, 2.24) is 4.90 Å². The van der Waals surface area contributed by atoms with Crippen LogP contribution in [-0.2, 0) is 36.8 Å². The Labute approximate surface area is 211 Å². The zero-order chi connectivity index (χ0) is 26.6. The molecule has 3 unspecified atom stereocenters. The molecule has 2 amide bonds. The van der Waals surface area contributed by atoms with Crippen LogP contribution in [0.5, 0.6) is 5.75 Å². The van der Waals surface area contributed by atoms with Crippen molar-refractivity contribution in [3.05, 3.63) is 45.7 Å². The molecule has 196 valence electrons. The number of nitrogens with two attached hydrogens (primary N) is 1. The molecule has 1 saturated carbocycles. The molecule has 3 atom stereocenters. The summed E-state index contributed by atoms with van der Waals surface area (Å²) in [6.07, 6.45) is 0.459. The highest BCUT2D eigenvalue weighted by molar-refractivity contribution is 6.22. The summed E-state index contributed by atoms with van der Waals surface area (Å²) in [6, 6.07) is 3.05. The van der Waals surface area contributed by atoms with Crippen LogP contribution in [0.1, 0.15) is 36.0 Å². The molecule has 0 radical (unpaired) electrons. The predicted molar refractivity (Wildman–Crippen MR) is 127 cm³/mol. The number of phenolic OH excluding ortho intramolecular Hbond substituents is 1. The molecule has 1 aromatic carbocycles. The van der Waals surface area contributed by atoms with Gasteiger partial charge in [0.25, 0.3) is 5.91 Å². The molecular formula is C26H28N2O9. The molecule has 5 rings (SSSR count). The number of Topliss-reactive ketones (excluding diaryl/α,β-unsaturated/α-hetero) is 2. The summed E-state index contributed by atoms with van der Waals surface area (Å²) in [6.45, 7) is 2.01. The number of morpholine rings is 1. The third-order valence-corrected chi connectivity index (χ3v) is 8.02. The van der Waals surface area contributed by atoms with Gasteiger partial charge in [0.05, 0.1) is 18.8 Å². The van der Waals surface area contributed by atoms with Crippen molar-refractivity contribution in [2.24, 2.45) is 17.6 Å². The number of aliphatic hydroxyl groups excluding tert-OH is 2. The van der Waals surface area contributed by atoms with Gasteiger partial charge in [-0.25, -0.2) is 0 Å². The molecule has 11 heteroatoms. The predicted octanol–water partition coefficient (Wildman–Crippen LogP) is 0.215. The van der Waals surface area contributed by atoms with Gasteiger partial charge in [-0.3, -0.25) is 19.2 Å². The van der Waals surface area contributed by atoms with Gasteiger partial charge >= 0.3 is 0 Å². The standard InChI is InChI=1S/C26H28N2O9/c27-25(35)21-17(30)11-14-9-13-10-15-12(2-4-18(31)28-5-7-37-8-6-28)1-3-16(29)20(15)22(32)19(13)23(33)26(14,36)24(21)34/h1,3,13-14,29,32,34,36H,2,4-11H2,(H2,27,35). The van der Waals surface area contributed by atoms with Crippen molar-refractivity contribution in [2.45, 2.75) is 37.7 Å². The number of ketones is 2. The molecule has 0 bridgehead atoms. The van der Waals surface area contributed by atoms with Crippen molar-refractivity contribution in [2.75, 3.05) is 26.3 Å². The average Bonchev–Trinajstić information content (AvgIpc) is 2.86. The summed E-state index contributed by atoms with van der Waals surface area (Å²) in [4.78, 5) is 52.1. The number of aliphatic hydroxyl groups is 3. The maximum Gasteiger partial charge on any atom is 0.255 e. The number of carbonyl (C=O) groups excluding carboxylic acids is 4. The third kappa shape index (κ3) is 3.80. The Morgan fingerprint density at radius 2 is 1.81 bits per heavy atom. The number of rotatable bonds is 4. The summed E-state index contributed by atoms with van der Waals surface area (Å²) in [5, 5.41) is 43.7. The second-order valence-electron chi connectivity index (χ2n) is 10.00. The molecule has 11 nitrogen and oxygen atoms in total. The largest absolute Gasteiger partial charge is 0.508 e. The first-order valence-electron chi connectivity index (χ1n) is 12.2. The van der Waals surface area contributed by atoms with Crippen LogP contribution in [0.2, 0.25) is 0 Å². The molecule has 2 fully saturated rings. The molecule has 1 saturated heterocycles. The molecule has 3 aliphatic carbocycles. The topological polar surface area (TPSA) is 188 Å². The van der Waals surface area contributed by atoms with Crippen molar-refractivity contribution in [1.29, 1.82) is 0 Å². The number of fused-ring (bicyclic) bond motifs is 3. The van der Waals surface area contributed by atoms with Gasteiger partial charge in [-0.1, -0.05) is 6.07 Å². The zero-order valence-electron chi connectivity index (χ0n) is 20.0. The first kappa shape index (κ1) is 25.0. The minimum atomic E-state index is -2.59. The number of phenols is 1. The summed E-state index contributed by atoms with van der Waals surface area (Å²) >= 11 is 0. The van der Waals surface area contributed by atoms with Gasteiger partial charge in [0.1, 0.15) is 22.8 Å². The Bertz CT molecular complexity index is 1290. The quantitative estimate of drug-likeness (QED) is 0.352. The van der Waals surface area contributed by atoms with Gasteiger partial charge in [0.2, 0.25) is 11.7 Å². The number of nitrogens with zero attached hydrogens (tertiary/aromatic N) is 1. The highest BCUT2D eigenvalue weighted by Gasteiger charge is 2.60. The minimum Gasteiger partial charge on any atom is -0.508 e. The van der Waals surface area contributed by atoms with E-state index in [4.69, 9.17) is 10.5 Å². The van der Waals surface area contributed by atoms with Gasteiger partial charge in [-0.05, 0) is 42.4 Å². The van der Waals surface area contributed by atoms with E-state index in [-0.39, 0.29) is 48.5 Å². The first-order valence-corrected chi connectivity index (χ1v) is 12.2. The van der Waals surface area contributed by atoms with E-state index in [0.29, 0.717) is 38.3 Å². The van der Waals surface area contributed by atoms with E-state index in [2.05, 4.69) is 0 Å². The normalized spacial score (nSPS) is 27.5. The third-order valence-electron chi connectivity index (χ3n) is 8.02. The van der Waals surface area contributed by atoms with Crippen LogP contribution in [0.3, 0.4) is 0 Å². The maximum absolute atomic E-state index is 13.5. The van der Waals surface area contributed by atoms with E-state index >= 15 is 0 Å². The first-order chi connectivity index (χ1) is 17.6. The monoisotopic (exact) mass is 512 g/mol. The fourth-order valence-corrected chi connectivity index (χ4v) is 6.13. The zero-order valence-corrected chi connectivity index (χ0v) is 20.0. The number of primary amides is 1. The summed E-state index contributed by atoms with van der Waals surface area (Å²) in [5.74, 6) is -6.65. The van der Waals surface area contributed by atoms with Crippen molar-refractivity contribution in [3.8, 4) is 5.75 Å². The van der Waals surface area contributed by atoms with Crippen LogP contribution in [0.15, 0.2) is 29.0 Å². The average molecular weight is 513 g/mol. The summed E-state index contributed by atoms with van der Waals surface area (Å²) in [7, 11) is 0. The van der Waals surface area contributed by atoms with E-state index in [9.17, 15) is 39.6 Å². The summed E-state index contributed by atoms with van der Waals surface area (Å²) in [5.41, 5.74) is 2.95. The Morgan fingerprint density at radius 3 is 2.49 bits per heavy atom. The molecule has 4 aliphatic rings. The second-order valence-corrected chi connectivity index (χ2v) is 10.00. The van der Waals surface area contributed by atoms with Gasteiger partial charge in [0, 0.05) is 37.4 Å². The lowest BCUT2D eigenvalue weighted by Crippen LogP contribution is -2.58. The Hall–Kier alpha value is -3.70. The van der Waals surface area contributed by atoms with E-state index in [0.717, 1.165) is 5.56 Å². The highest BCUT2D eigenvalue weighted by atomic mass is 16.5. The number of aryl methyl sites for hydroxylation is 1. The Morgan fingerprint density at radius 1 is 1.11 bits per heavy atom. The maximum atomic E-state index is 13.5. The molecule has 6 N–H and O–H groups in total. The number of carbonyl (C=O) groups is 4. The molecule has 1 heterocycles. The number of benzene rings is 1. The van der Waals surface area contributed by atoms with Crippen LogP contribution in [-0.4, -0.2) is 80.6 Å². The molecule has 1 aromatic rings.